The average Bonchev–Trinajstić information content (AvgIpc) is 2.71. The molecule has 2 aromatic carbocycles. The smallest absolute Gasteiger partial charge is 0.338 e. The fraction of sp³-hybridized carbons (Fsp3) is 0.250. The fourth-order valence-corrected chi connectivity index (χ4v) is 2.45. The number of ether oxygens (including phenoxy) is 3. The van der Waals surface area contributed by atoms with Gasteiger partial charge in [-0.25, -0.2) is 4.79 Å². The molecule has 0 aliphatic heterocycles. The van der Waals surface area contributed by atoms with Crippen molar-refractivity contribution in [2.24, 2.45) is 0 Å². The number of esters is 1. The predicted octanol–water partition coefficient (Wildman–Crippen LogP) is 2.55. The molecule has 0 aliphatic carbocycles. The highest BCUT2D eigenvalue weighted by molar-refractivity contribution is 5.92. The van der Waals surface area contributed by atoms with Crippen molar-refractivity contribution in [2.75, 3.05) is 20.8 Å². The lowest BCUT2D eigenvalue weighted by molar-refractivity contribution is -0.124. The maximum Gasteiger partial charge on any atom is 0.338 e. The first kappa shape index (κ1) is 20.0. The molecule has 0 fully saturated rings. The van der Waals surface area contributed by atoms with Gasteiger partial charge in [0.15, 0.2) is 6.61 Å². The summed E-state index contributed by atoms with van der Waals surface area (Å²) < 4.78 is 15.5. The molecule has 1 N–H and O–H groups in total. The summed E-state index contributed by atoms with van der Waals surface area (Å²) in [5, 5.41) is 2.75. The average molecular weight is 371 g/mol. The Balaban J connectivity index is 1.94. The number of benzene rings is 2. The first-order chi connectivity index (χ1) is 13.0. The van der Waals surface area contributed by atoms with Gasteiger partial charge in [0.05, 0.1) is 25.8 Å². The number of carbonyl (C=O) groups is 3. The van der Waals surface area contributed by atoms with Crippen molar-refractivity contribution in [2.45, 2.75) is 13.0 Å². The van der Waals surface area contributed by atoms with Crippen LogP contribution in [0, 0.1) is 0 Å². The van der Waals surface area contributed by atoms with Crippen molar-refractivity contribution in [1.29, 1.82) is 0 Å². The molecular formula is C20H21NO6. The summed E-state index contributed by atoms with van der Waals surface area (Å²) in [6, 6.07) is 10.8. The van der Waals surface area contributed by atoms with Gasteiger partial charge in [0.25, 0.3) is 5.91 Å². The molecule has 7 nitrogen and oxygen atoms in total. The van der Waals surface area contributed by atoms with Crippen LogP contribution in [0.2, 0.25) is 0 Å². The molecular weight excluding hydrogens is 350 g/mol. The van der Waals surface area contributed by atoms with E-state index in [-0.39, 0.29) is 11.6 Å². The van der Waals surface area contributed by atoms with Gasteiger partial charge in [-0.05, 0) is 37.3 Å². The molecule has 2 aromatic rings. The van der Waals surface area contributed by atoms with Gasteiger partial charge in [-0.2, -0.15) is 0 Å². The lowest BCUT2D eigenvalue weighted by atomic mass is 10.1. The third-order valence-electron chi connectivity index (χ3n) is 3.90. The Kier molecular flexibility index (Phi) is 6.93. The van der Waals surface area contributed by atoms with Gasteiger partial charge < -0.3 is 19.5 Å². The van der Waals surface area contributed by atoms with Crippen LogP contribution in [0.4, 0.5) is 0 Å². The van der Waals surface area contributed by atoms with Gasteiger partial charge in [-0.3, -0.25) is 9.59 Å². The summed E-state index contributed by atoms with van der Waals surface area (Å²) in [6.07, 6.45) is 0.677. The largest absolute Gasteiger partial charge is 0.497 e. The molecule has 0 aliphatic rings. The molecule has 0 heterocycles. The summed E-state index contributed by atoms with van der Waals surface area (Å²) in [5.74, 6) is 0.146. The predicted molar refractivity (Wildman–Crippen MR) is 98.2 cm³/mol. The Morgan fingerprint density at radius 1 is 1.07 bits per heavy atom. The Labute approximate surface area is 157 Å². The van der Waals surface area contributed by atoms with Crippen molar-refractivity contribution in [3.8, 4) is 11.5 Å². The molecule has 2 rings (SSSR count). The number of hydrogen-bond acceptors (Lipinski definition) is 6. The number of carbonyl (C=O) groups excluding carboxylic acids is 3. The minimum Gasteiger partial charge on any atom is -0.497 e. The first-order valence-corrected chi connectivity index (χ1v) is 8.22. The highest BCUT2D eigenvalue weighted by atomic mass is 16.5. The SMILES string of the molecule is COc1ccc(OC)c(C(C)NC(=O)COC(=O)c2ccc(C=O)cc2)c1. The molecule has 1 amide bonds. The van der Waals surface area contributed by atoms with Gasteiger partial charge in [-0.15, -0.1) is 0 Å². The molecule has 0 saturated carbocycles. The van der Waals surface area contributed by atoms with Crippen molar-refractivity contribution in [3.05, 3.63) is 59.2 Å². The van der Waals surface area contributed by atoms with Crippen molar-refractivity contribution >= 4 is 18.2 Å². The van der Waals surface area contributed by atoms with E-state index >= 15 is 0 Å². The van der Waals surface area contributed by atoms with E-state index in [4.69, 9.17) is 14.2 Å². The molecule has 1 atom stereocenters. The van der Waals surface area contributed by atoms with Gasteiger partial charge in [0.2, 0.25) is 0 Å². The van der Waals surface area contributed by atoms with Gasteiger partial charge >= 0.3 is 5.97 Å². The molecule has 1 unspecified atom stereocenters. The van der Waals surface area contributed by atoms with Crippen LogP contribution in [0.3, 0.4) is 0 Å². The Bertz CT molecular complexity index is 816. The summed E-state index contributed by atoms with van der Waals surface area (Å²) in [4.78, 5) is 34.7. The molecule has 142 valence electrons. The Morgan fingerprint density at radius 3 is 2.37 bits per heavy atom. The standard InChI is InChI=1S/C20H21NO6/c1-13(17-10-16(25-2)8-9-18(17)26-3)21-19(23)12-27-20(24)15-6-4-14(11-22)5-7-15/h4-11,13H,12H2,1-3H3,(H,21,23). The zero-order chi connectivity index (χ0) is 19.8. The zero-order valence-electron chi connectivity index (χ0n) is 15.4. The molecule has 0 spiro atoms. The van der Waals surface area contributed by atoms with Crippen molar-refractivity contribution in [3.63, 3.8) is 0 Å². The maximum absolute atomic E-state index is 12.1. The molecule has 0 aromatic heterocycles. The van der Waals surface area contributed by atoms with Crippen LogP contribution in [-0.2, 0) is 9.53 Å². The number of methoxy groups -OCH3 is 2. The summed E-state index contributed by atoms with van der Waals surface area (Å²) in [7, 11) is 3.09. The fourth-order valence-electron chi connectivity index (χ4n) is 2.45. The second-order valence-corrected chi connectivity index (χ2v) is 5.71. The van der Waals surface area contributed by atoms with Crippen LogP contribution < -0.4 is 14.8 Å². The minimum atomic E-state index is -0.644. The highest BCUT2D eigenvalue weighted by Gasteiger charge is 2.17. The van der Waals surface area contributed by atoms with E-state index in [1.54, 1.807) is 32.2 Å². The summed E-state index contributed by atoms with van der Waals surface area (Å²) in [5.41, 5.74) is 1.45. The molecule has 0 bridgehead atoms. The number of hydrogen-bond donors (Lipinski definition) is 1. The van der Waals surface area contributed by atoms with E-state index in [0.717, 1.165) is 5.56 Å². The Hall–Kier alpha value is -3.35. The third kappa shape index (κ3) is 5.31. The number of nitrogens with one attached hydrogen (secondary N) is 1. The van der Waals surface area contributed by atoms with Crippen molar-refractivity contribution < 1.29 is 28.6 Å². The molecule has 0 radical (unpaired) electrons. The van der Waals surface area contributed by atoms with Crippen LogP contribution in [0.15, 0.2) is 42.5 Å². The van der Waals surface area contributed by atoms with Gasteiger partial charge in [-0.1, -0.05) is 12.1 Å². The highest BCUT2D eigenvalue weighted by Crippen LogP contribution is 2.29. The van der Waals surface area contributed by atoms with Gasteiger partial charge in [0, 0.05) is 11.1 Å². The molecule has 7 heteroatoms. The van der Waals surface area contributed by atoms with E-state index in [9.17, 15) is 14.4 Å². The third-order valence-corrected chi connectivity index (χ3v) is 3.90. The lowest BCUT2D eigenvalue weighted by Gasteiger charge is -2.18. The second kappa shape index (κ2) is 9.38. The van der Waals surface area contributed by atoms with Crippen LogP contribution in [-0.4, -0.2) is 39.0 Å². The van der Waals surface area contributed by atoms with Crippen LogP contribution in [0.25, 0.3) is 0 Å². The maximum atomic E-state index is 12.1. The zero-order valence-corrected chi connectivity index (χ0v) is 15.4. The van der Waals surface area contributed by atoms with E-state index in [2.05, 4.69) is 5.32 Å². The number of rotatable bonds is 8. The molecule has 0 saturated heterocycles. The first-order valence-electron chi connectivity index (χ1n) is 8.22. The van der Waals surface area contributed by atoms with Crippen LogP contribution in [0.5, 0.6) is 11.5 Å². The second-order valence-electron chi connectivity index (χ2n) is 5.71. The lowest BCUT2D eigenvalue weighted by Crippen LogP contribution is -2.31. The minimum absolute atomic E-state index is 0.260. The van der Waals surface area contributed by atoms with Gasteiger partial charge in [0.1, 0.15) is 17.8 Å². The van der Waals surface area contributed by atoms with Crippen LogP contribution >= 0.6 is 0 Å². The summed E-state index contributed by atoms with van der Waals surface area (Å²) in [6.45, 7) is 1.36. The van der Waals surface area contributed by atoms with E-state index < -0.39 is 18.5 Å². The van der Waals surface area contributed by atoms with E-state index in [1.807, 2.05) is 0 Å². The molecule has 27 heavy (non-hydrogen) atoms. The topological polar surface area (TPSA) is 90.9 Å². The number of aldehydes is 1. The monoisotopic (exact) mass is 371 g/mol. The number of amides is 1. The quantitative estimate of drug-likeness (QED) is 0.566. The van der Waals surface area contributed by atoms with Crippen LogP contribution in [0.1, 0.15) is 39.2 Å². The summed E-state index contributed by atoms with van der Waals surface area (Å²) >= 11 is 0. The normalized spacial score (nSPS) is 11.2. The Morgan fingerprint density at radius 2 is 1.78 bits per heavy atom. The van der Waals surface area contributed by atoms with E-state index in [0.29, 0.717) is 23.3 Å². The van der Waals surface area contributed by atoms with Crippen molar-refractivity contribution in [1.82, 2.24) is 5.32 Å². The van der Waals surface area contributed by atoms with E-state index in [1.165, 1.54) is 31.4 Å².